The van der Waals surface area contributed by atoms with E-state index in [0.717, 1.165) is 22.7 Å². The molecule has 0 bridgehead atoms. The molecule has 2 aromatic rings. The molecule has 1 atom stereocenters. The zero-order valence-corrected chi connectivity index (χ0v) is 9.28. The van der Waals surface area contributed by atoms with E-state index >= 15 is 0 Å². The molecule has 0 spiro atoms. The summed E-state index contributed by atoms with van der Waals surface area (Å²) in [5.74, 6) is 0. The number of imidazole rings is 1. The van der Waals surface area contributed by atoms with E-state index in [4.69, 9.17) is 10.8 Å². The lowest BCUT2D eigenvalue weighted by molar-refractivity contribution is 0.263. The van der Waals surface area contributed by atoms with Gasteiger partial charge in [0.25, 0.3) is 0 Å². The largest absolute Gasteiger partial charge is 0.394 e. The van der Waals surface area contributed by atoms with E-state index in [1.54, 1.807) is 22.5 Å². The molecule has 0 fully saturated rings. The lowest BCUT2D eigenvalue weighted by Crippen LogP contribution is -2.19. The Bertz CT molecular complexity index is 515. The average molecular weight is 240 g/mol. The quantitative estimate of drug-likeness (QED) is 0.682. The third-order valence-electron chi connectivity index (χ3n) is 2.23. The minimum absolute atomic E-state index is 0.0804. The summed E-state index contributed by atoms with van der Waals surface area (Å²) in [6, 6.07) is -0.451. The van der Waals surface area contributed by atoms with Crippen LogP contribution in [0.5, 0.6) is 0 Å². The van der Waals surface area contributed by atoms with Crippen molar-refractivity contribution in [2.24, 2.45) is 5.73 Å². The van der Waals surface area contributed by atoms with E-state index in [2.05, 4.69) is 9.97 Å². The molecule has 0 saturated carbocycles. The number of aromatic amines is 1. The number of hydrogen-bond acceptors (Lipinski definition) is 5. The Kier molecular flexibility index (Phi) is 3.18. The standard InChI is InChI=1S/C9H12N4O2S/c10-7(3-14)8-1-11-5-13(8)2-6-4-16-9(15)12-6/h1,4-5,7,14H,2-3,10H2,(H,12,15). The van der Waals surface area contributed by atoms with E-state index in [1.807, 2.05) is 0 Å². The molecule has 2 rings (SSSR count). The van der Waals surface area contributed by atoms with Gasteiger partial charge in [-0.1, -0.05) is 11.3 Å². The number of aromatic nitrogens is 3. The Balaban J connectivity index is 2.21. The van der Waals surface area contributed by atoms with Crippen LogP contribution in [0.15, 0.2) is 22.7 Å². The monoisotopic (exact) mass is 240 g/mol. The second-order valence-corrected chi connectivity index (χ2v) is 4.25. The van der Waals surface area contributed by atoms with Crippen molar-refractivity contribution in [1.29, 1.82) is 0 Å². The lowest BCUT2D eigenvalue weighted by Gasteiger charge is -2.11. The van der Waals surface area contributed by atoms with Crippen molar-refractivity contribution in [1.82, 2.24) is 14.5 Å². The summed E-state index contributed by atoms with van der Waals surface area (Å²) in [5.41, 5.74) is 7.27. The summed E-state index contributed by atoms with van der Waals surface area (Å²) in [6.07, 6.45) is 3.24. The number of nitrogens with two attached hydrogens (primary N) is 1. The summed E-state index contributed by atoms with van der Waals surface area (Å²) < 4.78 is 1.80. The van der Waals surface area contributed by atoms with Crippen LogP contribution in [0, 0.1) is 0 Å². The number of hydrogen-bond donors (Lipinski definition) is 3. The predicted octanol–water partition coefficient (Wildman–Crippen LogP) is -0.327. The van der Waals surface area contributed by atoms with Gasteiger partial charge in [-0.25, -0.2) is 4.98 Å². The molecule has 0 amide bonds. The first kappa shape index (κ1) is 11.1. The van der Waals surface area contributed by atoms with Crippen molar-refractivity contribution in [3.8, 4) is 0 Å². The number of H-pyrrole nitrogens is 1. The molecule has 0 radical (unpaired) electrons. The smallest absolute Gasteiger partial charge is 0.304 e. The number of nitrogens with one attached hydrogen (secondary N) is 1. The zero-order chi connectivity index (χ0) is 11.5. The Hall–Kier alpha value is -1.44. The molecule has 16 heavy (non-hydrogen) atoms. The average Bonchev–Trinajstić information content (AvgIpc) is 2.87. The number of aliphatic hydroxyl groups is 1. The molecule has 0 saturated heterocycles. The van der Waals surface area contributed by atoms with Crippen molar-refractivity contribution in [2.75, 3.05) is 6.61 Å². The topological polar surface area (TPSA) is 96.9 Å². The first-order valence-corrected chi connectivity index (χ1v) is 5.62. The summed E-state index contributed by atoms with van der Waals surface area (Å²) in [6.45, 7) is 0.369. The van der Waals surface area contributed by atoms with Gasteiger partial charge in [-0.15, -0.1) is 0 Å². The lowest BCUT2D eigenvalue weighted by atomic mass is 10.2. The molecule has 2 aromatic heterocycles. The summed E-state index contributed by atoms with van der Waals surface area (Å²) in [7, 11) is 0. The van der Waals surface area contributed by atoms with Gasteiger partial charge >= 0.3 is 4.87 Å². The van der Waals surface area contributed by atoms with Gasteiger partial charge in [0.1, 0.15) is 0 Å². The van der Waals surface area contributed by atoms with E-state index in [0.29, 0.717) is 6.54 Å². The highest BCUT2D eigenvalue weighted by atomic mass is 32.1. The molecule has 2 heterocycles. The SMILES string of the molecule is NC(CO)c1cncn1Cc1csc(=O)[nH]1. The van der Waals surface area contributed by atoms with Gasteiger partial charge in [0, 0.05) is 17.3 Å². The van der Waals surface area contributed by atoms with Crippen molar-refractivity contribution in [2.45, 2.75) is 12.6 Å². The van der Waals surface area contributed by atoms with Gasteiger partial charge < -0.3 is 20.4 Å². The van der Waals surface area contributed by atoms with Gasteiger partial charge in [0.05, 0.1) is 31.2 Å². The Labute approximate surface area is 95.4 Å². The maximum absolute atomic E-state index is 11.0. The Morgan fingerprint density at radius 1 is 1.69 bits per heavy atom. The van der Waals surface area contributed by atoms with Crippen LogP contribution in [0.25, 0.3) is 0 Å². The molecule has 6 nitrogen and oxygen atoms in total. The molecule has 0 aromatic carbocycles. The summed E-state index contributed by atoms with van der Waals surface area (Å²) >= 11 is 1.12. The van der Waals surface area contributed by atoms with Crippen LogP contribution in [0.3, 0.4) is 0 Å². The second kappa shape index (κ2) is 4.60. The van der Waals surface area contributed by atoms with Crippen molar-refractivity contribution < 1.29 is 5.11 Å². The Morgan fingerprint density at radius 2 is 2.50 bits per heavy atom. The fraction of sp³-hybridized carbons (Fsp3) is 0.333. The van der Waals surface area contributed by atoms with E-state index in [9.17, 15) is 4.79 Å². The molecule has 0 aliphatic heterocycles. The number of aliphatic hydroxyl groups excluding tert-OH is 1. The van der Waals surface area contributed by atoms with Gasteiger partial charge in [0.2, 0.25) is 0 Å². The molecular formula is C9H12N4O2S. The van der Waals surface area contributed by atoms with Gasteiger partial charge in [-0.3, -0.25) is 4.79 Å². The van der Waals surface area contributed by atoms with Gasteiger partial charge in [-0.05, 0) is 0 Å². The molecule has 1 unspecified atom stereocenters. The highest BCUT2D eigenvalue weighted by Crippen LogP contribution is 2.10. The maximum atomic E-state index is 11.0. The van der Waals surface area contributed by atoms with Crippen LogP contribution in [0.1, 0.15) is 17.4 Å². The third-order valence-corrected chi connectivity index (χ3v) is 2.95. The molecule has 86 valence electrons. The number of nitrogens with zero attached hydrogens (tertiary/aromatic N) is 2. The molecular weight excluding hydrogens is 228 g/mol. The minimum atomic E-state index is -0.451. The zero-order valence-electron chi connectivity index (χ0n) is 8.46. The Morgan fingerprint density at radius 3 is 3.12 bits per heavy atom. The van der Waals surface area contributed by atoms with Gasteiger partial charge in [0.15, 0.2) is 0 Å². The normalized spacial score (nSPS) is 12.9. The van der Waals surface area contributed by atoms with E-state index in [-0.39, 0.29) is 11.5 Å². The van der Waals surface area contributed by atoms with Crippen molar-refractivity contribution in [3.05, 3.63) is 39.0 Å². The fourth-order valence-electron chi connectivity index (χ4n) is 1.44. The highest BCUT2D eigenvalue weighted by Gasteiger charge is 2.11. The summed E-state index contributed by atoms with van der Waals surface area (Å²) in [5, 5.41) is 10.7. The van der Waals surface area contributed by atoms with E-state index in [1.165, 1.54) is 0 Å². The predicted molar refractivity (Wildman–Crippen MR) is 60.3 cm³/mol. The van der Waals surface area contributed by atoms with Gasteiger partial charge in [-0.2, -0.15) is 0 Å². The van der Waals surface area contributed by atoms with Crippen molar-refractivity contribution in [3.63, 3.8) is 0 Å². The number of rotatable bonds is 4. The van der Waals surface area contributed by atoms with Crippen LogP contribution in [-0.2, 0) is 6.54 Å². The van der Waals surface area contributed by atoms with E-state index < -0.39 is 6.04 Å². The molecule has 7 heteroatoms. The maximum Gasteiger partial charge on any atom is 0.304 e. The molecule has 0 aliphatic rings. The summed E-state index contributed by atoms with van der Waals surface area (Å²) in [4.78, 5) is 17.6. The second-order valence-electron chi connectivity index (χ2n) is 3.41. The number of thiazole rings is 1. The third kappa shape index (κ3) is 2.21. The van der Waals surface area contributed by atoms with Crippen LogP contribution < -0.4 is 10.6 Å². The minimum Gasteiger partial charge on any atom is -0.394 e. The van der Waals surface area contributed by atoms with Crippen LogP contribution >= 0.6 is 11.3 Å². The first-order chi connectivity index (χ1) is 7.70. The highest BCUT2D eigenvalue weighted by molar-refractivity contribution is 7.07. The van der Waals surface area contributed by atoms with Crippen molar-refractivity contribution >= 4 is 11.3 Å². The first-order valence-electron chi connectivity index (χ1n) is 4.74. The van der Waals surface area contributed by atoms with Crippen LogP contribution in [-0.4, -0.2) is 26.2 Å². The van der Waals surface area contributed by atoms with Crippen LogP contribution in [0.2, 0.25) is 0 Å². The molecule has 0 aliphatic carbocycles. The fourth-order valence-corrected chi connectivity index (χ4v) is 2.01. The molecule has 4 N–H and O–H groups in total. The van der Waals surface area contributed by atoms with Crippen LogP contribution in [0.4, 0.5) is 0 Å².